The molecule has 134 valence electrons. The van der Waals surface area contributed by atoms with Gasteiger partial charge in [-0.1, -0.05) is 65.2 Å². The fourth-order valence-electron chi connectivity index (χ4n) is 2.13. The number of benzene rings is 2. The van der Waals surface area contributed by atoms with Crippen LogP contribution in [0.1, 0.15) is 11.1 Å². The minimum Gasteiger partial charge on any atom is -0.497 e. The van der Waals surface area contributed by atoms with Crippen LogP contribution in [0.2, 0.25) is 0 Å². The summed E-state index contributed by atoms with van der Waals surface area (Å²) in [7, 11) is 1.65. The first-order valence-electron chi connectivity index (χ1n) is 7.60. The van der Waals surface area contributed by atoms with E-state index in [1.165, 1.54) is 34.7 Å². The van der Waals surface area contributed by atoms with Crippen molar-refractivity contribution in [3.63, 3.8) is 0 Å². The second-order valence-corrected chi connectivity index (χ2v) is 8.57. The second-order valence-electron chi connectivity index (χ2n) is 5.15. The molecule has 6 nitrogen and oxygen atoms in total. The molecule has 3 rings (SSSR count). The van der Waals surface area contributed by atoms with E-state index < -0.39 is 0 Å². The highest BCUT2D eigenvalue weighted by Gasteiger charge is 2.14. The van der Waals surface area contributed by atoms with Gasteiger partial charge in [0, 0.05) is 23.1 Å². The van der Waals surface area contributed by atoms with Crippen molar-refractivity contribution in [2.24, 2.45) is 0 Å². The monoisotopic (exact) mass is 405 g/mol. The van der Waals surface area contributed by atoms with Crippen LogP contribution in [0.15, 0.2) is 57.2 Å². The van der Waals surface area contributed by atoms with E-state index in [1.54, 1.807) is 37.1 Å². The van der Waals surface area contributed by atoms with Gasteiger partial charge in [-0.3, -0.25) is 10.1 Å². The largest absolute Gasteiger partial charge is 0.497 e. The summed E-state index contributed by atoms with van der Waals surface area (Å²) < 4.78 is 6.84. The van der Waals surface area contributed by atoms with Crippen molar-refractivity contribution >= 4 is 40.5 Å². The number of rotatable bonds is 8. The van der Waals surface area contributed by atoms with Gasteiger partial charge in [-0.15, -0.1) is 10.2 Å². The number of nitrogens with zero attached hydrogens (tertiary/aromatic N) is 3. The van der Waals surface area contributed by atoms with Crippen LogP contribution in [-0.4, -0.2) is 22.2 Å². The van der Waals surface area contributed by atoms with E-state index in [0.29, 0.717) is 11.3 Å². The Balaban J connectivity index is 1.55. The number of hydrogen-bond acceptors (Lipinski definition) is 8. The number of methoxy groups -OCH3 is 1. The molecule has 2 aromatic carbocycles. The summed E-state index contributed by atoms with van der Waals surface area (Å²) in [6, 6.07) is 14.7. The third-order valence-electron chi connectivity index (χ3n) is 3.45. The molecule has 0 unspecified atom stereocenters. The van der Waals surface area contributed by atoms with Gasteiger partial charge in [0.15, 0.2) is 8.68 Å². The highest BCUT2D eigenvalue weighted by molar-refractivity contribution is 8.02. The van der Waals surface area contributed by atoms with E-state index >= 15 is 0 Å². The van der Waals surface area contributed by atoms with Crippen LogP contribution < -0.4 is 4.74 Å². The summed E-state index contributed by atoms with van der Waals surface area (Å²) in [5, 5.41) is 19.4. The number of nitro groups is 1. The molecule has 0 saturated carbocycles. The molecule has 0 saturated heterocycles. The van der Waals surface area contributed by atoms with Gasteiger partial charge in [-0.25, -0.2) is 0 Å². The maximum atomic E-state index is 11.1. The molecule has 0 bridgehead atoms. The topological polar surface area (TPSA) is 78.2 Å². The highest BCUT2D eigenvalue weighted by Crippen LogP contribution is 2.33. The fraction of sp³-hybridized carbons (Fsp3) is 0.176. The van der Waals surface area contributed by atoms with E-state index in [2.05, 4.69) is 10.2 Å². The molecule has 1 aromatic heterocycles. The van der Waals surface area contributed by atoms with E-state index in [0.717, 1.165) is 20.2 Å². The van der Waals surface area contributed by atoms with E-state index in [9.17, 15) is 10.1 Å². The summed E-state index contributed by atoms with van der Waals surface area (Å²) >= 11 is 4.59. The summed E-state index contributed by atoms with van der Waals surface area (Å²) in [4.78, 5) is 10.7. The molecule has 0 radical (unpaired) electrons. The van der Waals surface area contributed by atoms with Crippen molar-refractivity contribution in [2.45, 2.75) is 20.2 Å². The van der Waals surface area contributed by atoms with Crippen LogP contribution in [0.5, 0.6) is 5.75 Å². The van der Waals surface area contributed by atoms with Crippen LogP contribution in [-0.2, 0) is 11.5 Å². The van der Waals surface area contributed by atoms with Gasteiger partial charge >= 0.3 is 0 Å². The van der Waals surface area contributed by atoms with Crippen molar-refractivity contribution in [3.8, 4) is 5.75 Å². The van der Waals surface area contributed by atoms with E-state index in [1.807, 2.05) is 24.3 Å². The Labute approximate surface area is 163 Å². The predicted molar refractivity (Wildman–Crippen MR) is 105 cm³/mol. The first-order chi connectivity index (χ1) is 12.7. The van der Waals surface area contributed by atoms with Crippen molar-refractivity contribution in [1.29, 1.82) is 0 Å². The van der Waals surface area contributed by atoms with Gasteiger partial charge < -0.3 is 4.74 Å². The number of ether oxygens (including phenoxy) is 1. The number of aromatic nitrogens is 2. The molecule has 0 amide bonds. The fourth-order valence-corrected chi connectivity index (χ4v) is 5.10. The molecule has 0 fully saturated rings. The average Bonchev–Trinajstić information content (AvgIpc) is 3.13. The summed E-state index contributed by atoms with van der Waals surface area (Å²) in [5.41, 5.74) is 2.00. The third kappa shape index (κ3) is 4.96. The Hall–Kier alpha value is -2.10. The zero-order valence-corrected chi connectivity index (χ0v) is 16.3. The minimum atomic E-state index is -0.355. The van der Waals surface area contributed by atoms with Crippen molar-refractivity contribution < 1.29 is 9.66 Å². The second kappa shape index (κ2) is 9.02. The quantitative estimate of drug-likeness (QED) is 0.295. The molecule has 26 heavy (non-hydrogen) atoms. The van der Waals surface area contributed by atoms with Crippen molar-refractivity contribution in [2.75, 3.05) is 7.11 Å². The minimum absolute atomic E-state index is 0.138. The van der Waals surface area contributed by atoms with E-state index in [4.69, 9.17) is 4.74 Å². The molecular weight excluding hydrogens is 390 g/mol. The molecular formula is C17H15N3O3S3. The lowest BCUT2D eigenvalue weighted by Gasteiger charge is -2.01. The average molecular weight is 406 g/mol. The smallest absolute Gasteiger partial charge is 0.273 e. The van der Waals surface area contributed by atoms with Gasteiger partial charge in [0.05, 0.1) is 12.0 Å². The first-order valence-corrected chi connectivity index (χ1v) is 10.4. The zero-order valence-electron chi connectivity index (χ0n) is 13.8. The Morgan fingerprint density at radius 1 is 1.04 bits per heavy atom. The lowest BCUT2D eigenvalue weighted by atomic mass is 10.2. The number of para-hydroxylation sites is 1. The summed E-state index contributed by atoms with van der Waals surface area (Å²) in [6.07, 6.45) is 0. The SMILES string of the molecule is COc1ccc(CSc2nnc(SCc3ccccc3[N+](=O)[O-])s2)cc1. The maximum Gasteiger partial charge on any atom is 0.273 e. The van der Waals surface area contributed by atoms with Gasteiger partial charge in [-0.05, 0) is 17.7 Å². The van der Waals surface area contributed by atoms with Gasteiger partial charge in [0.2, 0.25) is 0 Å². The molecule has 0 spiro atoms. The Bertz CT molecular complexity index is 884. The predicted octanol–water partition coefficient (Wildman–Crippen LogP) is 5.04. The van der Waals surface area contributed by atoms with Gasteiger partial charge in [-0.2, -0.15) is 0 Å². The molecule has 0 aliphatic carbocycles. The normalized spacial score (nSPS) is 10.7. The Morgan fingerprint density at radius 2 is 1.69 bits per heavy atom. The lowest BCUT2D eigenvalue weighted by molar-refractivity contribution is -0.385. The molecule has 0 atom stereocenters. The zero-order chi connectivity index (χ0) is 18.4. The van der Waals surface area contributed by atoms with Gasteiger partial charge in [0.25, 0.3) is 5.69 Å². The van der Waals surface area contributed by atoms with Crippen molar-refractivity contribution in [1.82, 2.24) is 10.2 Å². The Kier molecular flexibility index (Phi) is 6.48. The Morgan fingerprint density at radius 3 is 2.35 bits per heavy atom. The molecule has 1 heterocycles. The number of hydrogen-bond donors (Lipinski definition) is 0. The molecule has 0 aliphatic rings. The van der Waals surface area contributed by atoms with Crippen molar-refractivity contribution in [3.05, 3.63) is 69.8 Å². The third-order valence-corrected chi connectivity index (χ3v) is 6.76. The van der Waals surface area contributed by atoms with Crippen LogP contribution in [0.25, 0.3) is 0 Å². The van der Waals surface area contributed by atoms with Crippen LogP contribution >= 0.6 is 34.9 Å². The summed E-state index contributed by atoms with van der Waals surface area (Å²) in [5.74, 6) is 2.13. The maximum absolute atomic E-state index is 11.1. The lowest BCUT2D eigenvalue weighted by Crippen LogP contribution is -1.93. The van der Waals surface area contributed by atoms with E-state index in [-0.39, 0.29) is 10.6 Å². The first kappa shape index (κ1) is 18.7. The standard InChI is InChI=1S/C17H15N3O3S3/c1-23-14-8-6-12(7-9-14)10-24-16-18-19-17(26-16)25-11-13-4-2-3-5-15(13)20(21)22/h2-9H,10-11H2,1H3. The van der Waals surface area contributed by atoms with Crippen LogP contribution in [0.4, 0.5) is 5.69 Å². The summed E-state index contributed by atoms with van der Waals surface area (Å²) in [6.45, 7) is 0. The molecule has 9 heteroatoms. The molecule has 0 N–H and O–H groups in total. The molecule has 0 aliphatic heterocycles. The highest BCUT2D eigenvalue weighted by atomic mass is 32.2. The number of thioether (sulfide) groups is 2. The molecule has 3 aromatic rings. The van der Waals surface area contributed by atoms with Crippen LogP contribution in [0.3, 0.4) is 0 Å². The number of nitro benzene ring substituents is 1. The van der Waals surface area contributed by atoms with Crippen LogP contribution in [0, 0.1) is 10.1 Å². The van der Waals surface area contributed by atoms with Gasteiger partial charge in [0.1, 0.15) is 5.75 Å².